The van der Waals surface area contributed by atoms with Crippen molar-refractivity contribution in [3.63, 3.8) is 0 Å². The number of hydrogen-bond donors (Lipinski definition) is 0. The Balaban J connectivity index is 3.92. The van der Waals surface area contributed by atoms with Crippen molar-refractivity contribution in [1.82, 2.24) is 0 Å². The highest BCUT2D eigenvalue weighted by molar-refractivity contribution is 5.76. The topological polar surface area (TPSA) is 35.5 Å². The molecule has 3 nitrogen and oxygen atoms in total. The van der Waals surface area contributed by atoms with Crippen LogP contribution in [0.4, 0.5) is 0 Å². The number of Topliss-reactive ketones (excluding diaryl/α,β-unsaturated/α-hetero) is 1. The lowest BCUT2D eigenvalue weighted by atomic mass is 10.2. The molecule has 0 atom stereocenters. The maximum atomic E-state index is 10.6. The molecule has 0 aromatic heterocycles. The number of carbonyl (C=O) groups excluding carboxylic acids is 1. The quantitative estimate of drug-likeness (QED) is 0.554. The zero-order chi connectivity index (χ0) is 8.20. The van der Waals surface area contributed by atoms with E-state index in [9.17, 15) is 4.79 Å². The van der Waals surface area contributed by atoms with Crippen LogP contribution in [0, 0.1) is 0 Å². The molecule has 0 unspecified atom stereocenters. The highest BCUT2D eigenvalue weighted by Gasteiger charge is 2.24. The molecule has 0 aromatic carbocycles. The van der Waals surface area contributed by atoms with Gasteiger partial charge in [0.2, 0.25) is 0 Å². The summed E-state index contributed by atoms with van der Waals surface area (Å²) in [6, 6.07) is 0. The molecule has 3 heteroatoms. The molecule has 0 saturated heterocycles. The minimum absolute atomic E-state index is 0.0613. The molecule has 0 rings (SSSR count). The van der Waals surface area contributed by atoms with Crippen LogP contribution in [-0.2, 0) is 14.3 Å². The molecule has 0 aliphatic carbocycles. The van der Waals surface area contributed by atoms with Crippen molar-refractivity contribution in [2.75, 3.05) is 14.2 Å². The number of ketones is 1. The van der Waals surface area contributed by atoms with Crippen LogP contribution in [0.25, 0.3) is 0 Å². The molecule has 10 heavy (non-hydrogen) atoms. The minimum Gasteiger partial charge on any atom is -0.353 e. The van der Waals surface area contributed by atoms with E-state index in [4.69, 9.17) is 9.47 Å². The van der Waals surface area contributed by atoms with Crippen LogP contribution in [0.15, 0.2) is 0 Å². The van der Waals surface area contributed by atoms with Crippen LogP contribution in [0.2, 0.25) is 0 Å². The van der Waals surface area contributed by atoms with E-state index in [1.54, 1.807) is 6.92 Å². The van der Waals surface area contributed by atoms with Gasteiger partial charge in [-0.2, -0.15) is 0 Å². The fraction of sp³-hybridized carbons (Fsp3) is 0.857. The van der Waals surface area contributed by atoms with Crippen LogP contribution < -0.4 is 0 Å². The van der Waals surface area contributed by atoms with Gasteiger partial charge in [-0.05, 0) is 13.8 Å². The Morgan fingerprint density at radius 3 is 1.90 bits per heavy atom. The van der Waals surface area contributed by atoms with E-state index in [-0.39, 0.29) is 5.78 Å². The van der Waals surface area contributed by atoms with E-state index in [0.29, 0.717) is 6.42 Å². The monoisotopic (exact) mass is 146 g/mol. The molecular weight excluding hydrogens is 132 g/mol. The van der Waals surface area contributed by atoms with E-state index in [1.165, 1.54) is 21.1 Å². The van der Waals surface area contributed by atoms with Gasteiger partial charge < -0.3 is 9.47 Å². The first kappa shape index (κ1) is 9.59. The van der Waals surface area contributed by atoms with Crippen molar-refractivity contribution >= 4 is 5.78 Å². The average molecular weight is 146 g/mol. The third kappa shape index (κ3) is 2.94. The van der Waals surface area contributed by atoms with Crippen molar-refractivity contribution in [2.24, 2.45) is 0 Å². The van der Waals surface area contributed by atoms with Crippen molar-refractivity contribution in [3.8, 4) is 0 Å². The van der Waals surface area contributed by atoms with Crippen molar-refractivity contribution in [1.29, 1.82) is 0 Å². The van der Waals surface area contributed by atoms with Crippen LogP contribution in [-0.4, -0.2) is 25.8 Å². The van der Waals surface area contributed by atoms with Gasteiger partial charge in [0.15, 0.2) is 5.79 Å². The van der Waals surface area contributed by atoms with Crippen LogP contribution in [0.1, 0.15) is 20.3 Å². The Hall–Kier alpha value is -0.410. The number of ether oxygens (including phenoxy) is 2. The summed E-state index contributed by atoms with van der Waals surface area (Å²) in [6.07, 6.45) is 0.292. The van der Waals surface area contributed by atoms with Gasteiger partial charge in [0.25, 0.3) is 0 Å². The number of carbonyl (C=O) groups is 1. The van der Waals surface area contributed by atoms with Crippen molar-refractivity contribution in [3.05, 3.63) is 0 Å². The Morgan fingerprint density at radius 1 is 1.40 bits per heavy atom. The Kier molecular flexibility index (Phi) is 3.53. The SMILES string of the molecule is COC(C)(CC(C)=O)OC. The van der Waals surface area contributed by atoms with Gasteiger partial charge in [-0.1, -0.05) is 0 Å². The normalized spacial score (nSPS) is 11.6. The average Bonchev–Trinajstić information content (AvgIpc) is 1.87. The predicted molar refractivity (Wildman–Crippen MR) is 37.7 cm³/mol. The summed E-state index contributed by atoms with van der Waals surface area (Å²) < 4.78 is 9.91. The number of hydrogen-bond acceptors (Lipinski definition) is 3. The van der Waals surface area contributed by atoms with E-state index < -0.39 is 5.79 Å². The Morgan fingerprint density at radius 2 is 1.80 bits per heavy atom. The van der Waals surface area contributed by atoms with Crippen molar-refractivity contribution in [2.45, 2.75) is 26.1 Å². The summed E-state index contributed by atoms with van der Waals surface area (Å²) in [5, 5.41) is 0. The molecule has 0 bridgehead atoms. The fourth-order valence-electron chi connectivity index (χ4n) is 0.680. The molecule has 0 amide bonds. The number of methoxy groups -OCH3 is 2. The van der Waals surface area contributed by atoms with Gasteiger partial charge in [0.05, 0.1) is 6.42 Å². The summed E-state index contributed by atoms with van der Waals surface area (Å²) in [5.41, 5.74) is 0. The Bertz CT molecular complexity index is 116. The zero-order valence-corrected chi connectivity index (χ0v) is 6.93. The molecule has 0 spiro atoms. The summed E-state index contributed by atoms with van der Waals surface area (Å²) >= 11 is 0. The van der Waals surface area contributed by atoms with E-state index in [1.807, 2.05) is 0 Å². The third-order valence-corrected chi connectivity index (χ3v) is 1.43. The van der Waals surface area contributed by atoms with Gasteiger partial charge in [-0.3, -0.25) is 4.79 Å². The highest BCUT2D eigenvalue weighted by atomic mass is 16.7. The molecule has 0 aromatic rings. The molecule has 0 fully saturated rings. The fourth-order valence-corrected chi connectivity index (χ4v) is 0.680. The molecule has 0 heterocycles. The number of rotatable bonds is 4. The van der Waals surface area contributed by atoms with Gasteiger partial charge in [-0.25, -0.2) is 0 Å². The maximum Gasteiger partial charge on any atom is 0.171 e. The third-order valence-electron chi connectivity index (χ3n) is 1.43. The molecule has 0 saturated carbocycles. The van der Waals surface area contributed by atoms with Gasteiger partial charge in [0.1, 0.15) is 5.78 Å². The van der Waals surface area contributed by atoms with Crippen molar-refractivity contribution < 1.29 is 14.3 Å². The van der Waals surface area contributed by atoms with E-state index >= 15 is 0 Å². The summed E-state index contributed by atoms with van der Waals surface area (Å²) in [4.78, 5) is 10.6. The summed E-state index contributed by atoms with van der Waals surface area (Å²) in [5.74, 6) is -0.683. The van der Waals surface area contributed by atoms with E-state index in [0.717, 1.165) is 0 Å². The Labute approximate surface area is 61.3 Å². The van der Waals surface area contributed by atoms with Gasteiger partial charge in [-0.15, -0.1) is 0 Å². The highest BCUT2D eigenvalue weighted by Crippen LogP contribution is 2.14. The second kappa shape index (κ2) is 3.68. The lowest BCUT2D eigenvalue weighted by Crippen LogP contribution is -2.31. The molecule has 60 valence electrons. The second-order valence-corrected chi connectivity index (χ2v) is 2.42. The molecule has 0 N–H and O–H groups in total. The van der Waals surface area contributed by atoms with Crippen LogP contribution >= 0.6 is 0 Å². The largest absolute Gasteiger partial charge is 0.353 e. The maximum absolute atomic E-state index is 10.6. The molecular formula is C7H14O3. The molecule has 0 aliphatic heterocycles. The van der Waals surface area contributed by atoms with E-state index in [2.05, 4.69) is 0 Å². The molecule has 0 radical (unpaired) electrons. The second-order valence-electron chi connectivity index (χ2n) is 2.42. The lowest BCUT2D eigenvalue weighted by Gasteiger charge is -2.24. The first-order valence-corrected chi connectivity index (χ1v) is 3.14. The summed E-state index contributed by atoms with van der Waals surface area (Å²) in [6.45, 7) is 3.24. The lowest BCUT2D eigenvalue weighted by molar-refractivity contribution is -0.197. The zero-order valence-electron chi connectivity index (χ0n) is 6.93. The predicted octanol–water partition coefficient (Wildman–Crippen LogP) is 0.975. The van der Waals surface area contributed by atoms with Crippen LogP contribution in [0.5, 0.6) is 0 Å². The minimum atomic E-state index is -0.744. The van der Waals surface area contributed by atoms with Gasteiger partial charge >= 0.3 is 0 Å². The standard InChI is InChI=1S/C7H14O3/c1-6(8)5-7(2,9-3)10-4/h5H2,1-4H3. The van der Waals surface area contributed by atoms with Gasteiger partial charge in [0, 0.05) is 14.2 Å². The van der Waals surface area contributed by atoms with Crippen LogP contribution in [0.3, 0.4) is 0 Å². The summed E-state index contributed by atoms with van der Waals surface area (Å²) in [7, 11) is 3.04. The smallest absolute Gasteiger partial charge is 0.171 e. The molecule has 0 aliphatic rings. The first-order chi connectivity index (χ1) is 4.54. The first-order valence-electron chi connectivity index (χ1n) is 3.14.